The molecule has 3 atom stereocenters. The number of nitrogens with two attached hydrogens (primary N) is 1. The predicted molar refractivity (Wildman–Crippen MR) is 77.7 cm³/mol. The van der Waals surface area contributed by atoms with E-state index in [1.54, 1.807) is 11.8 Å². The van der Waals surface area contributed by atoms with Crippen LogP contribution in [0.1, 0.15) is 40.5 Å². The summed E-state index contributed by atoms with van der Waals surface area (Å²) in [5.74, 6) is -1.00. The molecule has 1 amide bonds. The van der Waals surface area contributed by atoms with Crippen LogP contribution in [0, 0.1) is 10.8 Å². The Balaban J connectivity index is 2.10. The van der Waals surface area contributed by atoms with Crippen molar-refractivity contribution in [1.29, 1.82) is 0 Å². The highest BCUT2D eigenvalue weighted by Gasteiger charge is 2.64. The number of aliphatic carboxylic acids is 1. The fourth-order valence-electron chi connectivity index (χ4n) is 3.39. The van der Waals surface area contributed by atoms with Crippen molar-refractivity contribution in [2.45, 2.75) is 52.2 Å². The van der Waals surface area contributed by atoms with Gasteiger partial charge >= 0.3 is 5.97 Å². The van der Waals surface area contributed by atoms with Gasteiger partial charge in [-0.3, -0.25) is 9.59 Å². The third-order valence-corrected chi connectivity index (χ3v) is 5.49. The molecule has 1 saturated heterocycles. The third kappa shape index (κ3) is 2.25. The lowest BCUT2D eigenvalue weighted by Gasteiger charge is -2.58. The molecule has 0 radical (unpaired) electrons. The molecule has 21 heavy (non-hydrogen) atoms. The molecule has 1 heterocycles. The fraction of sp³-hybridized carbons (Fsp3) is 0.867. The van der Waals surface area contributed by atoms with Gasteiger partial charge in [-0.15, -0.1) is 0 Å². The highest BCUT2D eigenvalue weighted by molar-refractivity contribution is 5.90. The molecule has 2 fully saturated rings. The fourth-order valence-corrected chi connectivity index (χ4v) is 3.39. The van der Waals surface area contributed by atoms with Gasteiger partial charge in [-0.05, 0) is 20.3 Å². The van der Waals surface area contributed by atoms with Gasteiger partial charge in [0.2, 0.25) is 5.91 Å². The van der Waals surface area contributed by atoms with E-state index in [9.17, 15) is 14.7 Å². The van der Waals surface area contributed by atoms with E-state index in [1.807, 2.05) is 20.8 Å². The molecular weight excluding hydrogens is 272 g/mol. The number of hydrogen-bond donors (Lipinski definition) is 2. The van der Waals surface area contributed by atoms with Crippen LogP contribution in [0.5, 0.6) is 0 Å². The first kappa shape index (κ1) is 16.2. The first-order chi connectivity index (χ1) is 9.58. The molecule has 2 rings (SSSR count). The van der Waals surface area contributed by atoms with Crippen LogP contribution >= 0.6 is 0 Å². The van der Waals surface area contributed by atoms with E-state index in [-0.39, 0.29) is 18.6 Å². The van der Waals surface area contributed by atoms with Gasteiger partial charge in [0.15, 0.2) is 0 Å². The topological polar surface area (TPSA) is 92.9 Å². The summed E-state index contributed by atoms with van der Waals surface area (Å²) in [7, 11) is 0. The van der Waals surface area contributed by atoms with Crippen LogP contribution in [0.25, 0.3) is 0 Å². The van der Waals surface area contributed by atoms with E-state index in [0.29, 0.717) is 26.0 Å². The van der Waals surface area contributed by atoms with Crippen molar-refractivity contribution in [1.82, 2.24) is 4.90 Å². The van der Waals surface area contributed by atoms with Crippen LogP contribution in [0.15, 0.2) is 0 Å². The standard InChI is InChI=1S/C15H26N2O4/c1-5-21-10-8-15(16,13(10,2)3)11(18)17-7-6-14(4,9-17)12(19)20/h10H,5-9,16H2,1-4H3,(H,19,20). The van der Waals surface area contributed by atoms with Gasteiger partial charge in [0.25, 0.3) is 0 Å². The summed E-state index contributed by atoms with van der Waals surface area (Å²) in [5, 5.41) is 9.27. The summed E-state index contributed by atoms with van der Waals surface area (Å²) < 4.78 is 5.64. The normalized spacial score (nSPS) is 38.1. The summed E-state index contributed by atoms with van der Waals surface area (Å²) in [4.78, 5) is 25.7. The SMILES string of the molecule is CCOC1CC(N)(C(=O)N2CCC(C)(C(=O)O)C2)C1(C)C. The Morgan fingerprint density at radius 2 is 2.00 bits per heavy atom. The zero-order valence-electron chi connectivity index (χ0n) is 13.3. The van der Waals surface area contributed by atoms with Crippen molar-refractivity contribution in [2.75, 3.05) is 19.7 Å². The van der Waals surface area contributed by atoms with Gasteiger partial charge in [0.05, 0.1) is 11.5 Å². The lowest BCUT2D eigenvalue weighted by atomic mass is 9.54. The minimum Gasteiger partial charge on any atom is -0.481 e. The monoisotopic (exact) mass is 298 g/mol. The van der Waals surface area contributed by atoms with Crippen molar-refractivity contribution in [3.05, 3.63) is 0 Å². The molecule has 3 unspecified atom stereocenters. The van der Waals surface area contributed by atoms with Crippen LogP contribution in [-0.2, 0) is 14.3 Å². The molecule has 2 aliphatic rings. The van der Waals surface area contributed by atoms with Crippen LogP contribution < -0.4 is 5.73 Å². The molecule has 0 aromatic heterocycles. The molecular formula is C15H26N2O4. The van der Waals surface area contributed by atoms with Crippen LogP contribution in [0.4, 0.5) is 0 Å². The molecule has 0 aromatic carbocycles. The lowest BCUT2D eigenvalue weighted by molar-refractivity contribution is -0.178. The summed E-state index contributed by atoms with van der Waals surface area (Å²) >= 11 is 0. The molecule has 0 spiro atoms. The minimum absolute atomic E-state index is 0.0232. The average Bonchev–Trinajstić information content (AvgIpc) is 2.81. The number of carboxylic acid groups (broad SMARTS) is 1. The second-order valence-corrected chi connectivity index (χ2v) is 7.18. The summed E-state index contributed by atoms with van der Waals surface area (Å²) in [6, 6.07) is 0. The lowest BCUT2D eigenvalue weighted by Crippen LogP contribution is -2.76. The number of amides is 1. The number of ether oxygens (including phenoxy) is 1. The van der Waals surface area contributed by atoms with E-state index in [4.69, 9.17) is 10.5 Å². The average molecular weight is 298 g/mol. The quantitative estimate of drug-likeness (QED) is 0.802. The highest BCUT2D eigenvalue weighted by Crippen LogP contribution is 2.51. The molecule has 0 bridgehead atoms. The Morgan fingerprint density at radius 1 is 1.38 bits per heavy atom. The van der Waals surface area contributed by atoms with Gasteiger partial charge in [-0.25, -0.2) is 0 Å². The molecule has 0 aromatic rings. The van der Waals surface area contributed by atoms with Crippen LogP contribution in [0.2, 0.25) is 0 Å². The van der Waals surface area contributed by atoms with Gasteiger partial charge in [-0.2, -0.15) is 0 Å². The van der Waals surface area contributed by atoms with Crippen LogP contribution in [-0.4, -0.2) is 53.2 Å². The molecule has 1 aliphatic carbocycles. The first-order valence-corrected chi connectivity index (χ1v) is 7.52. The molecule has 1 saturated carbocycles. The van der Waals surface area contributed by atoms with E-state index in [2.05, 4.69) is 0 Å². The Hall–Kier alpha value is -1.14. The van der Waals surface area contributed by atoms with Crippen molar-refractivity contribution in [3.63, 3.8) is 0 Å². The van der Waals surface area contributed by atoms with Gasteiger partial charge in [0.1, 0.15) is 5.54 Å². The second kappa shape index (κ2) is 4.95. The maximum absolute atomic E-state index is 12.8. The predicted octanol–water partition coefficient (Wildman–Crippen LogP) is 0.842. The second-order valence-electron chi connectivity index (χ2n) is 7.18. The molecule has 120 valence electrons. The van der Waals surface area contributed by atoms with Gasteiger partial charge < -0.3 is 20.5 Å². The van der Waals surface area contributed by atoms with Gasteiger partial charge in [0, 0.05) is 31.5 Å². The molecule has 6 nitrogen and oxygen atoms in total. The van der Waals surface area contributed by atoms with E-state index < -0.39 is 22.3 Å². The number of carboxylic acids is 1. The Labute approximate surface area is 125 Å². The van der Waals surface area contributed by atoms with Crippen molar-refractivity contribution in [3.8, 4) is 0 Å². The van der Waals surface area contributed by atoms with Crippen LogP contribution in [0.3, 0.4) is 0 Å². The minimum atomic E-state index is -0.962. The van der Waals surface area contributed by atoms with Crippen molar-refractivity contribution in [2.24, 2.45) is 16.6 Å². The largest absolute Gasteiger partial charge is 0.481 e. The number of likely N-dealkylation sites (tertiary alicyclic amines) is 1. The number of carbonyl (C=O) groups is 2. The first-order valence-electron chi connectivity index (χ1n) is 7.52. The summed E-state index contributed by atoms with van der Waals surface area (Å²) in [6.07, 6.45) is 0.941. The number of hydrogen-bond acceptors (Lipinski definition) is 4. The Bertz CT molecular complexity index is 465. The summed E-state index contributed by atoms with van der Waals surface area (Å²) in [5.41, 5.74) is 4.10. The smallest absolute Gasteiger partial charge is 0.311 e. The number of nitrogens with zero attached hydrogens (tertiary/aromatic N) is 1. The Morgan fingerprint density at radius 3 is 2.43 bits per heavy atom. The van der Waals surface area contributed by atoms with E-state index >= 15 is 0 Å². The molecule has 6 heteroatoms. The maximum Gasteiger partial charge on any atom is 0.311 e. The highest BCUT2D eigenvalue weighted by atomic mass is 16.5. The maximum atomic E-state index is 12.8. The molecule has 1 aliphatic heterocycles. The van der Waals surface area contributed by atoms with E-state index in [0.717, 1.165) is 0 Å². The Kier molecular flexibility index (Phi) is 3.83. The van der Waals surface area contributed by atoms with E-state index in [1.165, 1.54) is 0 Å². The van der Waals surface area contributed by atoms with Gasteiger partial charge in [-0.1, -0.05) is 13.8 Å². The zero-order chi connectivity index (χ0) is 16.1. The van der Waals surface area contributed by atoms with Crippen molar-refractivity contribution < 1.29 is 19.4 Å². The third-order valence-electron chi connectivity index (χ3n) is 5.49. The summed E-state index contributed by atoms with van der Waals surface area (Å²) in [6.45, 7) is 8.78. The number of carbonyl (C=O) groups excluding carboxylic acids is 1. The number of rotatable bonds is 4. The van der Waals surface area contributed by atoms with Crippen molar-refractivity contribution >= 4 is 11.9 Å². The molecule has 3 N–H and O–H groups in total. The zero-order valence-corrected chi connectivity index (χ0v) is 13.3.